The topological polar surface area (TPSA) is 118 Å². The number of ether oxygens (including phenoxy) is 1. The zero-order valence-electron chi connectivity index (χ0n) is 7.54. The van der Waals surface area contributed by atoms with Crippen LogP contribution in [0.2, 0.25) is 0 Å². The number of rotatable bonds is 3. The summed E-state index contributed by atoms with van der Waals surface area (Å²) < 4.78 is 75.4. The fraction of sp³-hybridized carbons (Fsp3) is 0.200. The molecule has 0 unspecified atom stereocenters. The van der Waals surface area contributed by atoms with E-state index in [2.05, 4.69) is 4.74 Å². The molecule has 0 amide bonds. The van der Waals surface area contributed by atoms with Gasteiger partial charge in [0.2, 0.25) is 0 Å². The third-order valence-corrected chi connectivity index (χ3v) is 5.22. The summed E-state index contributed by atoms with van der Waals surface area (Å²) in [7, 11) is -8.86. The normalized spacial score (nSPS) is 12.8. The number of hydrogen-bond acceptors (Lipinski definition) is 6. The van der Waals surface area contributed by atoms with Gasteiger partial charge in [-0.25, -0.2) is 4.39 Å². The van der Waals surface area contributed by atoms with Crippen molar-refractivity contribution in [3.8, 4) is 5.75 Å². The Morgan fingerprint density at radius 3 is 1.81 bits per heavy atom. The van der Waals surface area contributed by atoms with Gasteiger partial charge in [0.05, 0.1) is 7.11 Å². The summed E-state index contributed by atoms with van der Waals surface area (Å²) in [5.74, 6) is -2.53. The smallest absolute Gasteiger partial charge is 0.308 e. The molecule has 0 aliphatic heterocycles. The van der Waals surface area contributed by atoms with Crippen LogP contribution in [0.25, 0.3) is 0 Å². The van der Waals surface area contributed by atoms with Gasteiger partial charge in [0.25, 0.3) is 0 Å². The van der Waals surface area contributed by atoms with E-state index in [0.717, 1.165) is 7.11 Å². The van der Waals surface area contributed by atoms with E-state index in [-0.39, 0.29) is 11.3 Å². The second kappa shape index (κ2) is 3.92. The zero-order chi connectivity index (χ0) is 12.7. The predicted octanol–water partition coefficient (Wildman–Crippen LogP) is 0.389. The quantitative estimate of drug-likeness (QED) is 0.773. The number of methoxy groups -OCH3 is 1. The number of hydrogen-bond donors (Lipinski definition) is 2. The van der Waals surface area contributed by atoms with Crippen molar-refractivity contribution in [3.63, 3.8) is 0 Å². The standard InChI is InChI=1S/C5H5FO7S3/c1-13-3-2(6)4(15(7,8)9)14-5(3)16(10,11)12/h1H3,(H,7,8,9)(H,10,11,12). The molecule has 1 rings (SSSR count). The van der Waals surface area contributed by atoms with Crippen molar-refractivity contribution >= 4 is 31.6 Å². The van der Waals surface area contributed by atoms with Crippen molar-refractivity contribution in [1.29, 1.82) is 0 Å². The van der Waals surface area contributed by atoms with Gasteiger partial charge in [-0.2, -0.15) is 16.8 Å². The maximum Gasteiger partial charge on any atom is 0.308 e. The Balaban J connectivity index is 3.70. The van der Waals surface area contributed by atoms with Crippen molar-refractivity contribution in [2.24, 2.45) is 0 Å². The second-order valence-corrected chi connectivity index (χ2v) is 6.73. The van der Waals surface area contributed by atoms with Crippen LogP contribution in [-0.4, -0.2) is 33.1 Å². The monoisotopic (exact) mass is 292 g/mol. The highest BCUT2D eigenvalue weighted by atomic mass is 32.3. The third kappa shape index (κ3) is 2.32. The highest BCUT2D eigenvalue weighted by molar-refractivity contribution is 7.90. The molecule has 0 saturated heterocycles. The van der Waals surface area contributed by atoms with Crippen LogP contribution in [0.5, 0.6) is 5.75 Å². The Kier molecular flexibility index (Phi) is 3.27. The summed E-state index contributed by atoms with van der Waals surface area (Å²) in [5, 5.41) is 0. The summed E-state index contributed by atoms with van der Waals surface area (Å²) in [6.07, 6.45) is 0. The molecule has 0 aliphatic rings. The van der Waals surface area contributed by atoms with Gasteiger partial charge in [-0.3, -0.25) is 9.11 Å². The van der Waals surface area contributed by atoms with E-state index in [1.807, 2.05) is 0 Å². The van der Waals surface area contributed by atoms with E-state index in [4.69, 9.17) is 9.11 Å². The molecule has 0 radical (unpaired) electrons. The van der Waals surface area contributed by atoms with E-state index in [1.165, 1.54) is 0 Å². The van der Waals surface area contributed by atoms with Gasteiger partial charge in [-0.05, 0) is 0 Å². The fourth-order valence-corrected chi connectivity index (χ4v) is 3.71. The Morgan fingerprint density at radius 2 is 1.56 bits per heavy atom. The van der Waals surface area contributed by atoms with Crippen LogP contribution in [0.4, 0.5) is 4.39 Å². The number of halogens is 1. The van der Waals surface area contributed by atoms with Gasteiger partial charge in [-0.15, -0.1) is 11.3 Å². The number of thiophene rings is 1. The molecule has 1 aromatic rings. The van der Waals surface area contributed by atoms with Gasteiger partial charge in [0.1, 0.15) is 0 Å². The lowest BCUT2D eigenvalue weighted by Crippen LogP contribution is -1.98. The maximum absolute atomic E-state index is 13.3. The van der Waals surface area contributed by atoms with Crippen molar-refractivity contribution in [2.75, 3.05) is 7.11 Å². The average molecular weight is 292 g/mol. The van der Waals surface area contributed by atoms with Crippen molar-refractivity contribution in [3.05, 3.63) is 5.82 Å². The lowest BCUT2D eigenvalue weighted by Gasteiger charge is -1.97. The lowest BCUT2D eigenvalue weighted by molar-refractivity contribution is 0.371. The van der Waals surface area contributed by atoms with Crippen molar-refractivity contribution in [1.82, 2.24) is 0 Å². The molecule has 0 saturated carbocycles. The second-order valence-electron chi connectivity index (χ2n) is 2.47. The largest absolute Gasteiger partial charge is 0.491 e. The first-order valence-corrected chi connectivity index (χ1v) is 7.10. The first-order chi connectivity index (χ1) is 7.09. The molecule has 0 aliphatic carbocycles. The van der Waals surface area contributed by atoms with Gasteiger partial charge in [-0.1, -0.05) is 0 Å². The summed E-state index contributed by atoms with van der Waals surface area (Å²) in [4.78, 5) is 0. The van der Waals surface area contributed by atoms with Gasteiger partial charge in [0.15, 0.2) is 20.0 Å². The predicted molar refractivity (Wildman–Crippen MR) is 50.5 cm³/mol. The molecule has 92 valence electrons. The molecular formula is C5H5FO7S3. The summed E-state index contributed by atoms with van der Waals surface area (Å²) >= 11 is -0.151. The summed E-state index contributed by atoms with van der Waals surface area (Å²) in [6.45, 7) is 0. The molecule has 16 heavy (non-hydrogen) atoms. The summed E-state index contributed by atoms with van der Waals surface area (Å²) in [5.41, 5.74) is 0. The molecule has 7 nitrogen and oxygen atoms in total. The highest BCUT2D eigenvalue weighted by Gasteiger charge is 2.32. The van der Waals surface area contributed by atoms with E-state index in [0.29, 0.717) is 0 Å². The van der Waals surface area contributed by atoms with Crippen LogP contribution in [0.3, 0.4) is 0 Å². The van der Waals surface area contributed by atoms with E-state index in [9.17, 15) is 21.2 Å². The molecular weight excluding hydrogens is 287 g/mol. The summed E-state index contributed by atoms with van der Waals surface area (Å²) in [6, 6.07) is 0. The van der Waals surface area contributed by atoms with E-state index in [1.54, 1.807) is 0 Å². The van der Waals surface area contributed by atoms with Crippen molar-refractivity contribution in [2.45, 2.75) is 8.42 Å². The van der Waals surface area contributed by atoms with Crippen molar-refractivity contribution < 1.29 is 35.1 Å². The molecule has 0 bridgehead atoms. The molecule has 2 N–H and O–H groups in total. The maximum atomic E-state index is 13.3. The Labute approximate surface area is 94.0 Å². The molecule has 11 heteroatoms. The fourth-order valence-electron chi connectivity index (χ4n) is 0.866. The average Bonchev–Trinajstić information content (AvgIpc) is 2.40. The zero-order valence-corrected chi connectivity index (χ0v) is 9.99. The Morgan fingerprint density at radius 1 is 1.12 bits per heavy atom. The van der Waals surface area contributed by atoms with E-state index < -0.39 is 40.2 Å². The molecule has 0 fully saturated rings. The first-order valence-electron chi connectivity index (χ1n) is 3.40. The highest BCUT2D eigenvalue weighted by Crippen LogP contribution is 2.39. The van der Waals surface area contributed by atoms with Gasteiger partial charge < -0.3 is 4.74 Å². The Bertz CT molecular complexity index is 611. The minimum atomic E-state index is -4.92. The minimum absolute atomic E-state index is 0.151. The third-order valence-electron chi connectivity index (χ3n) is 1.42. The molecule has 0 spiro atoms. The molecule has 1 heterocycles. The molecule has 1 aromatic heterocycles. The SMILES string of the molecule is COc1c(S(=O)(=O)O)sc(S(=O)(=O)O)c1F. The van der Waals surface area contributed by atoms with Crippen LogP contribution in [-0.2, 0) is 20.2 Å². The lowest BCUT2D eigenvalue weighted by atomic mass is 10.6. The van der Waals surface area contributed by atoms with Crippen LogP contribution in [0.1, 0.15) is 0 Å². The van der Waals surface area contributed by atoms with Crippen LogP contribution < -0.4 is 4.74 Å². The van der Waals surface area contributed by atoms with E-state index >= 15 is 0 Å². The first kappa shape index (κ1) is 13.3. The molecule has 0 aromatic carbocycles. The minimum Gasteiger partial charge on any atom is -0.491 e. The van der Waals surface area contributed by atoms with Gasteiger partial charge >= 0.3 is 20.2 Å². The van der Waals surface area contributed by atoms with Crippen LogP contribution in [0, 0.1) is 5.82 Å². The van der Waals surface area contributed by atoms with Crippen LogP contribution in [0.15, 0.2) is 8.42 Å². The molecule has 0 atom stereocenters. The van der Waals surface area contributed by atoms with Gasteiger partial charge in [0, 0.05) is 0 Å². The Hall–Kier alpha value is -0.750. The van der Waals surface area contributed by atoms with Crippen LogP contribution >= 0.6 is 11.3 Å².